The minimum absolute atomic E-state index is 0.566. The van der Waals surface area contributed by atoms with Crippen LogP contribution in [0.2, 0.25) is 0 Å². The molecule has 0 bridgehead atoms. The normalized spacial score (nSPS) is 29.6. The lowest BCUT2D eigenvalue weighted by Crippen LogP contribution is -2.69. The van der Waals surface area contributed by atoms with Crippen LogP contribution in [0.3, 0.4) is 0 Å². The Bertz CT molecular complexity index is 403. The molecule has 0 spiro atoms. The number of hydrogen-bond donors (Lipinski definition) is 0. The molecule has 0 aromatic rings. The first kappa shape index (κ1) is 19.6. The van der Waals surface area contributed by atoms with Crippen molar-refractivity contribution in [1.82, 2.24) is 19.6 Å². The van der Waals surface area contributed by atoms with E-state index >= 15 is 0 Å². The van der Waals surface area contributed by atoms with Crippen molar-refractivity contribution < 1.29 is 4.74 Å². The first-order valence-electron chi connectivity index (χ1n) is 10.5. The molecule has 5 heteroatoms. The summed E-state index contributed by atoms with van der Waals surface area (Å²) in [6.07, 6.45) is 2.71. The highest BCUT2D eigenvalue weighted by Crippen LogP contribution is 2.27. The summed E-state index contributed by atoms with van der Waals surface area (Å²) in [6.45, 7) is 18.8. The molecule has 0 unspecified atom stereocenters. The number of ether oxygens (including phenoxy) is 1. The smallest absolute Gasteiger partial charge is 0.0630 e. The molecule has 3 saturated heterocycles. The van der Waals surface area contributed by atoms with Gasteiger partial charge in [0.25, 0.3) is 0 Å². The highest BCUT2D eigenvalue weighted by molar-refractivity contribution is 4.98. The van der Waals surface area contributed by atoms with Crippen LogP contribution in [-0.2, 0) is 4.74 Å². The van der Waals surface area contributed by atoms with Crippen molar-refractivity contribution in [2.24, 2.45) is 0 Å². The maximum absolute atomic E-state index is 5.55. The van der Waals surface area contributed by atoms with Gasteiger partial charge in [-0.1, -0.05) is 0 Å². The summed E-state index contributed by atoms with van der Waals surface area (Å²) in [6, 6.07) is 3.49. The van der Waals surface area contributed by atoms with Gasteiger partial charge >= 0.3 is 0 Å². The van der Waals surface area contributed by atoms with Crippen LogP contribution < -0.4 is 0 Å². The molecule has 3 fully saturated rings. The fourth-order valence-corrected chi connectivity index (χ4v) is 4.95. The monoisotopic (exact) mass is 352 g/mol. The number of piperazine rings is 1. The lowest BCUT2D eigenvalue weighted by molar-refractivity contribution is -0.0726. The maximum atomic E-state index is 5.55. The van der Waals surface area contributed by atoms with Gasteiger partial charge in [0, 0.05) is 70.0 Å². The molecule has 0 aromatic carbocycles. The average molecular weight is 353 g/mol. The third kappa shape index (κ3) is 4.56. The van der Waals surface area contributed by atoms with Crippen molar-refractivity contribution in [3.63, 3.8) is 0 Å². The van der Waals surface area contributed by atoms with Gasteiger partial charge in [0.1, 0.15) is 0 Å². The Hall–Kier alpha value is -0.200. The van der Waals surface area contributed by atoms with Gasteiger partial charge in [0.05, 0.1) is 6.61 Å². The van der Waals surface area contributed by atoms with Crippen molar-refractivity contribution in [3.05, 3.63) is 0 Å². The zero-order valence-corrected chi connectivity index (χ0v) is 17.2. The fourth-order valence-electron chi connectivity index (χ4n) is 4.95. The van der Waals surface area contributed by atoms with Gasteiger partial charge in [-0.05, 0) is 53.6 Å². The molecule has 0 radical (unpaired) electrons. The molecule has 3 rings (SSSR count). The molecule has 5 nitrogen and oxygen atoms in total. The van der Waals surface area contributed by atoms with Gasteiger partial charge in [0.2, 0.25) is 0 Å². The summed E-state index contributed by atoms with van der Waals surface area (Å²) in [5.74, 6) is 0. The molecule has 0 aliphatic carbocycles. The second-order valence-corrected chi connectivity index (χ2v) is 8.90. The van der Waals surface area contributed by atoms with Crippen LogP contribution in [0.1, 0.15) is 40.5 Å². The minimum Gasteiger partial charge on any atom is -0.383 e. The highest BCUT2D eigenvalue weighted by Gasteiger charge is 2.41. The van der Waals surface area contributed by atoms with Crippen LogP contribution in [0.4, 0.5) is 0 Å². The van der Waals surface area contributed by atoms with E-state index in [1.165, 1.54) is 52.1 Å². The predicted octanol–water partition coefficient (Wildman–Crippen LogP) is 1.58. The van der Waals surface area contributed by atoms with E-state index in [-0.39, 0.29) is 0 Å². The van der Waals surface area contributed by atoms with Crippen LogP contribution in [0, 0.1) is 0 Å². The molecule has 3 aliphatic rings. The number of rotatable bonds is 6. The average Bonchev–Trinajstić information content (AvgIpc) is 2.55. The van der Waals surface area contributed by atoms with Gasteiger partial charge in [-0.3, -0.25) is 14.7 Å². The third-order valence-electron chi connectivity index (χ3n) is 6.75. The standard InChI is InChI=1S/C20H40N4O/c1-16(2)21-8-6-18(7-9-21)23-12-19(13-23)24-11-10-22(17(3)4)14-20(24)15-25-5/h16-20H,6-15H2,1-5H3/t20-/m0/s1. The SMILES string of the molecule is COC[C@@H]1CN(C(C)C)CCN1C1CN(C2CCN(C(C)C)CC2)C1. The number of piperidine rings is 1. The van der Waals surface area contributed by atoms with Crippen molar-refractivity contribution in [3.8, 4) is 0 Å². The number of nitrogens with zero attached hydrogens (tertiary/aromatic N) is 4. The molecule has 0 N–H and O–H groups in total. The van der Waals surface area contributed by atoms with Crippen LogP contribution in [-0.4, -0.2) is 109 Å². The molecule has 1 atom stereocenters. The van der Waals surface area contributed by atoms with E-state index < -0.39 is 0 Å². The Morgan fingerprint density at radius 1 is 0.800 bits per heavy atom. The van der Waals surface area contributed by atoms with Crippen LogP contribution >= 0.6 is 0 Å². The largest absolute Gasteiger partial charge is 0.383 e. The minimum atomic E-state index is 0.566. The summed E-state index contributed by atoms with van der Waals surface area (Å²) in [5, 5.41) is 0. The predicted molar refractivity (Wildman–Crippen MR) is 104 cm³/mol. The van der Waals surface area contributed by atoms with Crippen LogP contribution in [0.5, 0.6) is 0 Å². The lowest BCUT2D eigenvalue weighted by Gasteiger charge is -2.55. The Morgan fingerprint density at radius 3 is 2.00 bits per heavy atom. The van der Waals surface area contributed by atoms with Crippen molar-refractivity contribution in [1.29, 1.82) is 0 Å². The Kier molecular flexibility index (Phi) is 6.77. The summed E-state index contributed by atoms with van der Waals surface area (Å²) in [5.41, 5.74) is 0. The summed E-state index contributed by atoms with van der Waals surface area (Å²) in [7, 11) is 1.85. The second kappa shape index (κ2) is 8.66. The maximum Gasteiger partial charge on any atom is 0.0630 e. The van der Waals surface area contributed by atoms with Crippen molar-refractivity contribution in [2.45, 2.75) is 70.7 Å². The van der Waals surface area contributed by atoms with E-state index in [0.717, 1.165) is 25.2 Å². The van der Waals surface area contributed by atoms with E-state index in [9.17, 15) is 0 Å². The topological polar surface area (TPSA) is 22.2 Å². The quantitative estimate of drug-likeness (QED) is 0.722. The van der Waals surface area contributed by atoms with Crippen LogP contribution in [0.25, 0.3) is 0 Å². The van der Waals surface area contributed by atoms with E-state index in [1.54, 1.807) is 0 Å². The van der Waals surface area contributed by atoms with E-state index in [4.69, 9.17) is 4.74 Å². The number of hydrogen-bond acceptors (Lipinski definition) is 5. The third-order valence-corrected chi connectivity index (χ3v) is 6.75. The molecule has 25 heavy (non-hydrogen) atoms. The Balaban J connectivity index is 1.47. The number of likely N-dealkylation sites (tertiary alicyclic amines) is 2. The number of methoxy groups -OCH3 is 1. The van der Waals surface area contributed by atoms with Gasteiger partial charge in [-0.25, -0.2) is 0 Å². The van der Waals surface area contributed by atoms with Gasteiger partial charge < -0.3 is 9.64 Å². The second-order valence-electron chi connectivity index (χ2n) is 8.90. The first-order valence-corrected chi connectivity index (χ1v) is 10.5. The summed E-state index contributed by atoms with van der Waals surface area (Å²) >= 11 is 0. The van der Waals surface area contributed by atoms with Crippen molar-refractivity contribution >= 4 is 0 Å². The van der Waals surface area contributed by atoms with Crippen LogP contribution in [0.15, 0.2) is 0 Å². The van der Waals surface area contributed by atoms with E-state index in [2.05, 4.69) is 47.3 Å². The first-order chi connectivity index (χ1) is 12.0. The van der Waals surface area contributed by atoms with Gasteiger partial charge in [0.15, 0.2) is 0 Å². The summed E-state index contributed by atoms with van der Waals surface area (Å²) < 4.78 is 5.55. The van der Waals surface area contributed by atoms with Gasteiger partial charge in [-0.2, -0.15) is 0 Å². The molecule has 3 heterocycles. The molecular weight excluding hydrogens is 312 g/mol. The van der Waals surface area contributed by atoms with E-state index in [1.807, 2.05) is 7.11 Å². The molecule has 0 aromatic heterocycles. The molecule has 146 valence electrons. The molecular formula is C20H40N4O. The zero-order chi connectivity index (χ0) is 18.0. The highest BCUT2D eigenvalue weighted by atomic mass is 16.5. The zero-order valence-electron chi connectivity index (χ0n) is 17.2. The summed E-state index contributed by atoms with van der Waals surface area (Å²) in [4.78, 5) is 10.7. The Labute approximate surface area is 155 Å². The lowest BCUT2D eigenvalue weighted by atomic mass is 9.94. The van der Waals surface area contributed by atoms with Crippen molar-refractivity contribution in [2.75, 3.05) is 59.5 Å². The Morgan fingerprint density at radius 2 is 1.44 bits per heavy atom. The molecule has 0 amide bonds. The van der Waals surface area contributed by atoms with Gasteiger partial charge in [-0.15, -0.1) is 0 Å². The van der Waals surface area contributed by atoms with E-state index in [0.29, 0.717) is 18.1 Å². The fraction of sp³-hybridized carbons (Fsp3) is 1.00. The molecule has 0 saturated carbocycles. The molecule has 3 aliphatic heterocycles.